The molecule has 2 nitrogen and oxygen atoms in total. The zero-order valence-electron chi connectivity index (χ0n) is 23.6. The van der Waals surface area contributed by atoms with Crippen molar-refractivity contribution in [1.29, 1.82) is 0 Å². The minimum atomic E-state index is -0.0805. The van der Waals surface area contributed by atoms with E-state index in [2.05, 4.69) is 150 Å². The average Bonchev–Trinajstić information content (AvgIpc) is 3.55. The van der Waals surface area contributed by atoms with Gasteiger partial charge in [-0.3, -0.25) is 0 Å². The molecule has 0 N–H and O–H groups in total. The zero-order chi connectivity index (χ0) is 27.7. The van der Waals surface area contributed by atoms with Crippen LogP contribution in [-0.2, 0) is 5.41 Å². The first-order valence-corrected chi connectivity index (χ1v) is 14.9. The van der Waals surface area contributed by atoms with Crippen molar-refractivity contribution < 1.29 is 0 Å². The molecule has 42 heavy (non-hydrogen) atoms. The summed E-state index contributed by atoms with van der Waals surface area (Å²) in [6.45, 7) is 5.03. The number of nitrogens with zero attached hydrogens (tertiary/aromatic N) is 2. The van der Waals surface area contributed by atoms with Crippen molar-refractivity contribution in [2.75, 3.05) is 0 Å². The molecule has 0 fully saturated rings. The molecule has 3 heteroatoms. The van der Waals surface area contributed by atoms with Crippen LogP contribution in [0.4, 0.5) is 0 Å². The van der Waals surface area contributed by atoms with Crippen LogP contribution in [0.1, 0.15) is 25.0 Å². The van der Waals surface area contributed by atoms with Gasteiger partial charge in [-0.25, -0.2) is 0 Å². The molecule has 10 rings (SSSR count). The van der Waals surface area contributed by atoms with Gasteiger partial charge in [0.05, 0.1) is 16.6 Å². The van der Waals surface area contributed by atoms with E-state index in [4.69, 9.17) is 0 Å². The van der Waals surface area contributed by atoms with Crippen molar-refractivity contribution in [2.24, 2.45) is 0 Å². The minimum absolute atomic E-state index is 0.0805. The van der Waals surface area contributed by atoms with E-state index in [9.17, 15) is 0 Å². The van der Waals surface area contributed by atoms with E-state index in [1.807, 2.05) is 0 Å². The number of rotatable bonds is 1. The molecule has 0 amide bonds. The molecular formula is C39H27BN2. The fourth-order valence-electron chi connectivity index (χ4n) is 8.48. The Morgan fingerprint density at radius 3 is 2.07 bits per heavy atom. The lowest BCUT2D eigenvalue weighted by atomic mass is 9.30. The average molecular weight is 534 g/mol. The third-order valence-corrected chi connectivity index (χ3v) is 10.2. The normalized spacial score (nSPS) is 14.6. The molecule has 4 heterocycles. The van der Waals surface area contributed by atoms with Gasteiger partial charge < -0.3 is 9.13 Å². The molecule has 6 aromatic carbocycles. The van der Waals surface area contributed by atoms with Crippen LogP contribution in [0.15, 0.2) is 127 Å². The molecule has 0 unspecified atom stereocenters. The molecular weight excluding hydrogens is 507 g/mol. The molecule has 0 bridgehead atoms. The van der Waals surface area contributed by atoms with Gasteiger partial charge in [0.15, 0.2) is 0 Å². The highest BCUT2D eigenvalue weighted by atomic mass is 15.0. The van der Waals surface area contributed by atoms with E-state index < -0.39 is 0 Å². The second-order valence-electron chi connectivity index (χ2n) is 12.5. The molecule has 2 aliphatic heterocycles. The van der Waals surface area contributed by atoms with E-state index in [0.29, 0.717) is 0 Å². The first kappa shape index (κ1) is 22.6. The molecule has 0 atom stereocenters. The summed E-state index contributed by atoms with van der Waals surface area (Å²) in [5.41, 5.74) is 14.8. The van der Waals surface area contributed by atoms with Crippen LogP contribution in [0.3, 0.4) is 0 Å². The Kier molecular flexibility index (Phi) is 4.11. The molecule has 2 aromatic heterocycles. The highest BCUT2D eigenvalue weighted by molar-refractivity contribution is 6.99. The summed E-state index contributed by atoms with van der Waals surface area (Å²) in [5, 5.41) is 5.28. The maximum Gasteiger partial charge on any atom is 0.247 e. The van der Waals surface area contributed by atoms with E-state index in [0.717, 1.165) is 0 Å². The van der Waals surface area contributed by atoms with Crippen LogP contribution >= 0.6 is 0 Å². The summed E-state index contributed by atoms with van der Waals surface area (Å²) in [6, 6.07) is 47.5. The zero-order valence-corrected chi connectivity index (χ0v) is 23.6. The standard InChI is InChI=1S/C39H27BN2/c1-39(2)28-15-7-8-16-30(28)40-31-17-9-11-19-33(31)42-37-25(26-20-22-29(39)36(40)38(26)42)21-23-34-35(37)27-14-6-10-18-32(27)41(34)24-12-4-3-5-13-24/h3-23H,1-2H3. The Bertz CT molecular complexity index is 2440. The Balaban J connectivity index is 1.47. The lowest BCUT2D eigenvalue weighted by molar-refractivity contribution is 0.646. The van der Waals surface area contributed by atoms with Gasteiger partial charge in [-0.05, 0) is 52.4 Å². The number of para-hydroxylation sites is 3. The van der Waals surface area contributed by atoms with E-state index in [-0.39, 0.29) is 12.1 Å². The molecule has 0 saturated carbocycles. The van der Waals surface area contributed by atoms with Gasteiger partial charge in [0.2, 0.25) is 6.71 Å². The summed E-state index contributed by atoms with van der Waals surface area (Å²) in [5.74, 6) is 0. The lowest BCUT2D eigenvalue weighted by Crippen LogP contribution is -2.63. The minimum Gasteiger partial charge on any atom is -0.310 e. The van der Waals surface area contributed by atoms with Crippen LogP contribution in [-0.4, -0.2) is 15.8 Å². The fourth-order valence-corrected chi connectivity index (χ4v) is 8.48. The van der Waals surface area contributed by atoms with Crippen LogP contribution in [0.2, 0.25) is 0 Å². The van der Waals surface area contributed by atoms with Gasteiger partial charge in [-0.15, -0.1) is 0 Å². The summed E-state index contributed by atoms with van der Waals surface area (Å²) >= 11 is 0. The Morgan fingerprint density at radius 1 is 0.500 bits per heavy atom. The molecule has 0 radical (unpaired) electrons. The summed E-state index contributed by atoms with van der Waals surface area (Å²) < 4.78 is 5.05. The first-order chi connectivity index (χ1) is 20.6. The quantitative estimate of drug-likeness (QED) is 0.195. The lowest BCUT2D eigenvalue weighted by Gasteiger charge is -2.41. The van der Waals surface area contributed by atoms with Crippen LogP contribution in [0.5, 0.6) is 0 Å². The van der Waals surface area contributed by atoms with Crippen LogP contribution in [0.25, 0.3) is 55.0 Å². The summed E-state index contributed by atoms with van der Waals surface area (Å²) in [7, 11) is 0. The second-order valence-corrected chi connectivity index (χ2v) is 12.5. The van der Waals surface area contributed by atoms with Gasteiger partial charge in [0, 0.05) is 43.9 Å². The number of aromatic nitrogens is 2. The van der Waals surface area contributed by atoms with E-state index in [1.54, 1.807) is 0 Å². The Hall–Kier alpha value is -5.02. The molecule has 0 saturated heterocycles. The Morgan fingerprint density at radius 2 is 1.19 bits per heavy atom. The highest BCUT2D eigenvalue weighted by Gasteiger charge is 2.44. The number of benzene rings is 6. The monoisotopic (exact) mass is 534 g/mol. The van der Waals surface area contributed by atoms with E-state index in [1.165, 1.54) is 82.5 Å². The molecule has 8 aromatic rings. The third-order valence-electron chi connectivity index (χ3n) is 10.2. The third kappa shape index (κ3) is 2.55. The Labute approximate surface area is 244 Å². The summed E-state index contributed by atoms with van der Waals surface area (Å²) in [6.07, 6.45) is 0. The van der Waals surface area contributed by atoms with Crippen molar-refractivity contribution in [2.45, 2.75) is 19.3 Å². The van der Waals surface area contributed by atoms with Gasteiger partial charge in [0.25, 0.3) is 0 Å². The predicted molar refractivity (Wildman–Crippen MR) is 178 cm³/mol. The fraction of sp³-hybridized carbons (Fsp3) is 0.0769. The number of hydrogen-bond donors (Lipinski definition) is 0. The summed E-state index contributed by atoms with van der Waals surface area (Å²) in [4.78, 5) is 0. The molecule has 196 valence electrons. The highest BCUT2D eigenvalue weighted by Crippen LogP contribution is 2.44. The smallest absolute Gasteiger partial charge is 0.247 e. The van der Waals surface area contributed by atoms with Gasteiger partial charge in [0.1, 0.15) is 0 Å². The first-order valence-electron chi connectivity index (χ1n) is 14.9. The molecule has 2 aliphatic rings. The van der Waals surface area contributed by atoms with Crippen LogP contribution < -0.4 is 16.4 Å². The maximum atomic E-state index is 2.61. The van der Waals surface area contributed by atoms with Crippen LogP contribution in [0, 0.1) is 0 Å². The SMILES string of the molecule is CC1(C)c2ccccc2B2c3ccccc3-n3c4c2c1ccc4c1ccc2c(c4ccccc4n2-c2ccccc2)c13. The van der Waals surface area contributed by atoms with Crippen molar-refractivity contribution >= 4 is 66.7 Å². The maximum absolute atomic E-state index is 2.61. The van der Waals surface area contributed by atoms with Crippen molar-refractivity contribution in [3.8, 4) is 11.4 Å². The molecule has 0 aliphatic carbocycles. The number of fused-ring (bicyclic) bond motifs is 12. The van der Waals surface area contributed by atoms with Gasteiger partial charge in [-0.1, -0.05) is 116 Å². The van der Waals surface area contributed by atoms with Crippen molar-refractivity contribution in [3.63, 3.8) is 0 Å². The van der Waals surface area contributed by atoms with Gasteiger partial charge >= 0.3 is 0 Å². The predicted octanol–water partition coefficient (Wildman–Crippen LogP) is 7.35. The van der Waals surface area contributed by atoms with Crippen molar-refractivity contribution in [3.05, 3.63) is 139 Å². The topological polar surface area (TPSA) is 9.86 Å². The van der Waals surface area contributed by atoms with Crippen molar-refractivity contribution in [1.82, 2.24) is 9.13 Å². The largest absolute Gasteiger partial charge is 0.310 e. The van der Waals surface area contributed by atoms with E-state index >= 15 is 0 Å². The molecule has 0 spiro atoms. The van der Waals surface area contributed by atoms with Gasteiger partial charge in [-0.2, -0.15) is 0 Å². The second kappa shape index (κ2) is 7.63. The number of hydrogen-bond acceptors (Lipinski definition) is 0.